The van der Waals surface area contributed by atoms with Crippen molar-refractivity contribution in [3.63, 3.8) is 0 Å². The van der Waals surface area contributed by atoms with Crippen LogP contribution in [0.3, 0.4) is 0 Å². The predicted molar refractivity (Wildman–Crippen MR) is 100 cm³/mol. The molecular weight excluding hydrogens is 399 g/mol. The summed E-state index contributed by atoms with van der Waals surface area (Å²) in [5.74, 6) is -1.78. The number of carbonyl (C=O) groups is 2. The van der Waals surface area contributed by atoms with Gasteiger partial charge in [0.05, 0.1) is 21.2 Å². The monoisotopic (exact) mass is 410 g/mol. The molecule has 0 aliphatic carbocycles. The van der Waals surface area contributed by atoms with Crippen molar-refractivity contribution in [2.45, 2.75) is 6.42 Å². The van der Waals surface area contributed by atoms with E-state index >= 15 is 0 Å². The molecule has 0 bridgehead atoms. The highest BCUT2D eigenvalue weighted by atomic mass is 35.5. The minimum Gasteiger partial charge on any atom is -0.502 e. The van der Waals surface area contributed by atoms with Gasteiger partial charge in [0.1, 0.15) is 6.42 Å². The van der Waals surface area contributed by atoms with Crippen LogP contribution in [0.25, 0.3) is 0 Å². The first-order valence-electron chi connectivity index (χ1n) is 7.30. The lowest BCUT2D eigenvalue weighted by atomic mass is 10.2. The van der Waals surface area contributed by atoms with Crippen LogP contribution in [0, 0.1) is 10.1 Å². The minimum atomic E-state index is -0.751. The van der Waals surface area contributed by atoms with Crippen molar-refractivity contribution in [1.82, 2.24) is 5.43 Å². The van der Waals surface area contributed by atoms with E-state index in [-0.39, 0.29) is 10.6 Å². The van der Waals surface area contributed by atoms with Gasteiger partial charge in [-0.3, -0.25) is 19.7 Å². The summed E-state index contributed by atoms with van der Waals surface area (Å²) in [4.78, 5) is 33.5. The molecule has 0 unspecified atom stereocenters. The molecule has 11 heteroatoms. The minimum absolute atomic E-state index is 0.256. The average Bonchev–Trinajstić information content (AvgIpc) is 2.59. The van der Waals surface area contributed by atoms with E-state index in [1.165, 1.54) is 24.3 Å². The smallest absolute Gasteiger partial charge is 0.311 e. The number of nitrogens with zero attached hydrogens (tertiary/aromatic N) is 2. The number of nitro benzene ring substituents is 1. The largest absolute Gasteiger partial charge is 0.502 e. The first kappa shape index (κ1) is 20.1. The molecule has 2 rings (SSSR count). The molecular formula is C16H12Cl2N4O5. The van der Waals surface area contributed by atoms with Crippen molar-refractivity contribution in [3.05, 3.63) is 62.1 Å². The number of carbonyl (C=O) groups excluding carboxylic acids is 2. The van der Waals surface area contributed by atoms with Gasteiger partial charge in [0.15, 0.2) is 5.75 Å². The number of hydrogen-bond donors (Lipinski definition) is 3. The molecule has 0 aromatic heterocycles. The Bertz CT molecular complexity index is 933. The zero-order chi connectivity index (χ0) is 20.0. The van der Waals surface area contributed by atoms with Crippen LogP contribution in [-0.2, 0) is 9.59 Å². The Morgan fingerprint density at radius 2 is 1.89 bits per heavy atom. The summed E-state index contributed by atoms with van der Waals surface area (Å²) in [6, 6.07) is 8.05. The van der Waals surface area contributed by atoms with Crippen LogP contribution in [0.5, 0.6) is 5.75 Å². The second-order valence-electron chi connectivity index (χ2n) is 5.15. The first-order valence-corrected chi connectivity index (χ1v) is 8.06. The fourth-order valence-corrected chi connectivity index (χ4v) is 2.21. The number of benzene rings is 2. The Labute approximate surface area is 162 Å². The molecule has 0 aliphatic rings. The van der Waals surface area contributed by atoms with Gasteiger partial charge in [-0.05, 0) is 30.3 Å². The molecule has 0 heterocycles. The van der Waals surface area contributed by atoms with Crippen LogP contribution >= 0.6 is 23.2 Å². The predicted octanol–water partition coefficient (Wildman–Crippen LogP) is 3.09. The van der Waals surface area contributed by atoms with Crippen LogP contribution < -0.4 is 10.7 Å². The summed E-state index contributed by atoms with van der Waals surface area (Å²) in [6.45, 7) is 0. The van der Waals surface area contributed by atoms with Gasteiger partial charge in [-0.1, -0.05) is 23.2 Å². The lowest BCUT2D eigenvalue weighted by Gasteiger charge is -2.05. The fourth-order valence-electron chi connectivity index (χ4n) is 1.91. The zero-order valence-corrected chi connectivity index (χ0v) is 15.0. The Hall–Kier alpha value is -3.17. The van der Waals surface area contributed by atoms with Gasteiger partial charge in [-0.2, -0.15) is 5.10 Å². The SMILES string of the molecule is O=C(CC(=O)Nc1ccc(Cl)c(Cl)c1)N/N=C/c1ccc(O)c([N+](=O)[O-])c1. The standard InChI is InChI=1S/C16H12Cl2N4O5/c17-11-3-2-10(6-12(11)18)20-15(24)7-16(25)21-19-8-9-1-4-14(23)13(5-9)22(26)27/h1-6,8,23H,7H2,(H,20,24)(H,21,25)/b19-8+. The van der Waals surface area contributed by atoms with Crippen molar-refractivity contribution in [2.24, 2.45) is 5.10 Å². The van der Waals surface area contributed by atoms with Gasteiger partial charge in [0.2, 0.25) is 11.8 Å². The highest BCUT2D eigenvalue weighted by Crippen LogP contribution is 2.26. The fraction of sp³-hybridized carbons (Fsp3) is 0.0625. The average molecular weight is 411 g/mol. The highest BCUT2D eigenvalue weighted by Gasteiger charge is 2.13. The van der Waals surface area contributed by atoms with Gasteiger partial charge < -0.3 is 10.4 Å². The molecule has 3 N–H and O–H groups in total. The van der Waals surface area contributed by atoms with Crippen molar-refractivity contribution >= 4 is 52.6 Å². The van der Waals surface area contributed by atoms with E-state index in [4.69, 9.17) is 23.2 Å². The van der Waals surface area contributed by atoms with E-state index in [1.807, 2.05) is 0 Å². The molecule has 0 fully saturated rings. The molecule has 0 radical (unpaired) electrons. The molecule has 2 aromatic rings. The summed E-state index contributed by atoms with van der Waals surface area (Å²) in [5.41, 5.74) is 2.28. The number of phenolic OH excluding ortho intramolecular Hbond substituents is 1. The Morgan fingerprint density at radius 1 is 1.15 bits per heavy atom. The normalized spacial score (nSPS) is 10.6. The Morgan fingerprint density at radius 3 is 2.56 bits per heavy atom. The molecule has 0 atom stereocenters. The summed E-state index contributed by atoms with van der Waals surface area (Å²) >= 11 is 11.6. The number of hydrazone groups is 1. The molecule has 0 saturated heterocycles. The molecule has 27 heavy (non-hydrogen) atoms. The number of aromatic hydroxyl groups is 1. The van der Waals surface area contributed by atoms with Crippen LogP contribution in [-0.4, -0.2) is 28.1 Å². The molecule has 2 aromatic carbocycles. The van der Waals surface area contributed by atoms with E-state index in [1.54, 1.807) is 0 Å². The van der Waals surface area contributed by atoms with Crippen LogP contribution in [0.1, 0.15) is 12.0 Å². The number of nitrogens with one attached hydrogen (secondary N) is 2. The second kappa shape index (κ2) is 8.97. The maximum absolute atomic E-state index is 11.8. The van der Waals surface area contributed by atoms with Crippen molar-refractivity contribution in [3.8, 4) is 5.75 Å². The number of hydrogen-bond acceptors (Lipinski definition) is 6. The Kier molecular flexibility index (Phi) is 6.69. The third kappa shape index (κ3) is 5.94. The molecule has 0 spiro atoms. The highest BCUT2D eigenvalue weighted by molar-refractivity contribution is 6.42. The number of rotatable bonds is 6. The molecule has 0 aliphatic heterocycles. The Balaban J connectivity index is 1.89. The van der Waals surface area contributed by atoms with Crippen molar-refractivity contribution < 1.29 is 19.6 Å². The number of phenols is 1. The van der Waals surface area contributed by atoms with Gasteiger partial charge >= 0.3 is 5.69 Å². The summed E-state index contributed by atoms with van der Waals surface area (Å²) in [5, 5.41) is 26.8. The number of amides is 2. The van der Waals surface area contributed by atoms with Crippen LogP contribution in [0.15, 0.2) is 41.5 Å². The molecule has 0 saturated carbocycles. The molecule has 140 valence electrons. The van der Waals surface area contributed by atoms with Crippen LogP contribution in [0.2, 0.25) is 10.0 Å². The topological polar surface area (TPSA) is 134 Å². The van der Waals surface area contributed by atoms with Crippen LogP contribution in [0.4, 0.5) is 11.4 Å². The number of anilines is 1. The van der Waals surface area contributed by atoms with E-state index in [0.29, 0.717) is 10.7 Å². The molecule has 2 amide bonds. The van der Waals surface area contributed by atoms with E-state index in [0.717, 1.165) is 18.3 Å². The van der Waals surface area contributed by atoms with Gasteiger partial charge in [0, 0.05) is 17.3 Å². The lowest BCUT2D eigenvalue weighted by Crippen LogP contribution is -2.24. The van der Waals surface area contributed by atoms with E-state index in [2.05, 4.69) is 15.8 Å². The maximum Gasteiger partial charge on any atom is 0.311 e. The summed E-state index contributed by atoms with van der Waals surface area (Å²) < 4.78 is 0. The van der Waals surface area contributed by atoms with Gasteiger partial charge in [-0.25, -0.2) is 5.43 Å². The third-order valence-corrected chi connectivity index (χ3v) is 3.86. The number of nitro groups is 1. The van der Waals surface area contributed by atoms with E-state index in [9.17, 15) is 24.8 Å². The van der Waals surface area contributed by atoms with Gasteiger partial charge in [-0.15, -0.1) is 0 Å². The van der Waals surface area contributed by atoms with Crippen molar-refractivity contribution in [2.75, 3.05) is 5.32 Å². The maximum atomic E-state index is 11.8. The third-order valence-electron chi connectivity index (χ3n) is 3.12. The second-order valence-corrected chi connectivity index (χ2v) is 5.97. The van der Waals surface area contributed by atoms with Gasteiger partial charge in [0.25, 0.3) is 0 Å². The lowest BCUT2D eigenvalue weighted by molar-refractivity contribution is -0.385. The summed E-state index contributed by atoms with van der Waals surface area (Å²) in [7, 11) is 0. The zero-order valence-electron chi connectivity index (χ0n) is 13.5. The first-order chi connectivity index (χ1) is 12.8. The quantitative estimate of drug-likeness (QED) is 0.291. The van der Waals surface area contributed by atoms with Crippen molar-refractivity contribution in [1.29, 1.82) is 0 Å². The summed E-state index contributed by atoms with van der Waals surface area (Å²) in [6.07, 6.45) is 0.633. The number of halogens is 2. The van der Waals surface area contributed by atoms with E-state index < -0.39 is 34.6 Å². The molecule has 9 nitrogen and oxygen atoms in total.